The summed E-state index contributed by atoms with van der Waals surface area (Å²) in [6, 6.07) is 17.7. The van der Waals surface area contributed by atoms with Crippen LogP contribution in [0.25, 0.3) is 11.3 Å². The Balaban J connectivity index is 1.26. The van der Waals surface area contributed by atoms with Gasteiger partial charge in [0, 0.05) is 30.2 Å². The second-order valence-electron chi connectivity index (χ2n) is 7.73. The van der Waals surface area contributed by atoms with Crippen molar-refractivity contribution in [3.63, 3.8) is 0 Å². The molecule has 1 amide bonds. The number of halogens is 1. The average Bonchev–Trinajstić information content (AvgIpc) is 3.26. The summed E-state index contributed by atoms with van der Waals surface area (Å²) in [6.07, 6.45) is 2.19. The number of benzene rings is 2. The third-order valence-corrected chi connectivity index (χ3v) is 5.75. The second-order valence-corrected chi connectivity index (χ2v) is 8.17. The molecule has 0 radical (unpaired) electrons. The zero-order valence-electron chi connectivity index (χ0n) is 17.6. The molecule has 3 aromatic rings. The van der Waals surface area contributed by atoms with E-state index in [2.05, 4.69) is 26.5 Å². The zero-order chi connectivity index (χ0) is 21.6. The third kappa shape index (κ3) is 5.58. The minimum absolute atomic E-state index is 0.0624. The summed E-state index contributed by atoms with van der Waals surface area (Å²) in [5, 5.41) is 11.5. The van der Waals surface area contributed by atoms with Gasteiger partial charge >= 0.3 is 0 Å². The lowest BCUT2D eigenvalue weighted by Crippen LogP contribution is -2.45. The molecule has 2 aromatic carbocycles. The topological polar surface area (TPSA) is 70.2 Å². The van der Waals surface area contributed by atoms with Gasteiger partial charge in [0.25, 0.3) is 0 Å². The van der Waals surface area contributed by atoms with E-state index in [9.17, 15) is 4.79 Å². The monoisotopic (exact) mass is 438 g/mol. The van der Waals surface area contributed by atoms with Crippen LogP contribution < -0.4 is 15.0 Å². The SMILES string of the molecule is CCOc1ccc(CC(=O)NC2CCN(c3cc(-c4ccc(Cl)cc4)[nH]n3)CC2)cc1. The molecular weight excluding hydrogens is 412 g/mol. The first-order chi connectivity index (χ1) is 15.1. The van der Waals surface area contributed by atoms with Crippen LogP contribution in [0.4, 0.5) is 5.82 Å². The Morgan fingerprint density at radius 3 is 2.55 bits per heavy atom. The summed E-state index contributed by atoms with van der Waals surface area (Å²) in [4.78, 5) is 14.7. The second kappa shape index (κ2) is 9.88. The van der Waals surface area contributed by atoms with E-state index in [-0.39, 0.29) is 11.9 Å². The van der Waals surface area contributed by atoms with Gasteiger partial charge in [-0.15, -0.1) is 0 Å². The van der Waals surface area contributed by atoms with Crippen molar-refractivity contribution in [2.24, 2.45) is 0 Å². The number of hydrogen-bond acceptors (Lipinski definition) is 4. The molecule has 1 aromatic heterocycles. The zero-order valence-corrected chi connectivity index (χ0v) is 18.4. The number of carbonyl (C=O) groups is 1. The molecule has 0 bridgehead atoms. The molecule has 1 aliphatic rings. The predicted molar refractivity (Wildman–Crippen MR) is 124 cm³/mol. The lowest BCUT2D eigenvalue weighted by Gasteiger charge is -2.32. The molecule has 31 heavy (non-hydrogen) atoms. The van der Waals surface area contributed by atoms with Gasteiger partial charge in [0.2, 0.25) is 5.91 Å². The van der Waals surface area contributed by atoms with E-state index in [0.717, 1.165) is 59.3 Å². The van der Waals surface area contributed by atoms with Gasteiger partial charge in [0.1, 0.15) is 5.75 Å². The van der Waals surface area contributed by atoms with Crippen LogP contribution in [-0.2, 0) is 11.2 Å². The van der Waals surface area contributed by atoms with Crippen molar-refractivity contribution < 1.29 is 9.53 Å². The first kappa shape index (κ1) is 21.2. The van der Waals surface area contributed by atoms with Gasteiger partial charge in [-0.2, -0.15) is 5.10 Å². The third-order valence-electron chi connectivity index (χ3n) is 5.50. The van der Waals surface area contributed by atoms with Crippen LogP contribution >= 0.6 is 11.6 Å². The summed E-state index contributed by atoms with van der Waals surface area (Å²) < 4.78 is 5.45. The molecule has 2 heterocycles. The fraction of sp³-hybridized carbons (Fsp3) is 0.333. The summed E-state index contributed by atoms with van der Waals surface area (Å²) >= 11 is 5.97. The lowest BCUT2D eigenvalue weighted by atomic mass is 10.0. The Bertz CT molecular complexity index is 993. The largest absolute Gasteiger partial charge is 0.494 e. The normalized spacial score (nSPS) is 14.5. The molecule has 0 spiro atoms. The van der Waals surface area contributed by atoms with E-state index in [1.165, 1.54) is 0 Å². The first-order valence-electron chi connectivity index (χ1n) is 10.7. The van der Waals surface area contributed by atoms with Crippen molar-refractivity contribution >= 4 is 23.3 Å². The van der Waals surface area contributed by atoms with Crippen molar-refractivity contribution in [2.45, 2.75) is 32.2 Å². The Kier molecular flexibility index (Phi) is 6.77. The number of H-pyrrole nitrogens is 1. The number of amides is 1. The lowest BCUT2D eigenvalue weighted by molar-refractivity contribution is -0.121. The van der Waals surface area contributed by atoms with Gasteiger partial charge in [-0.1, -0.05) is 35.9 Å². The van der Waals surface area contributed by atoms with Crippen LogP contribution in [0.2, 0.25) is 5.02 Å². The average molecular weight is 439 g/mol. The molecule has 4 rings (SSSR count). The fourth-order valence-corrected chi connectivity index (χ4v) is 3.96. The van der Waals surface area contributed by atoms with E-state index in [4.69, 9.17) is 16.3 Å². The highest BCUT2D eigenvalue weighted by molar-refractivity contribution is 6.30. The van der Waals surface area contributed by atoms with E-state index in [1.807, 2.05) is 55.5 Å². The highest BCUT2D eigenvalue weighted by Gasteiger charge is 2.22. The molecule has 0 saturated carbocycles. The molecule has 2 N–H and O–H groups in total. The summed E-state index contributed by atoms with van der Waals surface area (Å²) in [5.74, 6) is 1.83. The van der Waals surface area contributed by atoms with E-state index < -0.39 is 0 Å². The van der Waals surface area contributed by atoms with Crippen molar-refractivity contribution in [2.75, 3.05) is 24.6 Å². The number of nitrogens with zero attached hydrogens (tertiary/aromatic N) is 2. The molecule has 1 saturated heterocycles. The highest BCUT2D eigenvalue weighted by Crippen LogP contribution is 2.25. The summed E-state index contributed by atoms with van der Waals surface area (Å²) in [5.41, 5.74) is 3.02. The van der Waals surface area contributed by atoms with E-state index in [0.29, 0.717) is 13.0 Å². The van der Waals surface area contributed by atoms with Gasteiger partial charge < -0.3 is 15.0 Å². The molecular formula is C24H27ClN4O2. The van der Waals surface area contributed by atoms with Gasteiger partial charge in [-0.25, -0.2) is 0 Å². The van der Waals surface area contributed by atoms with Crippen LogP contribution in [0.5, 0.6) is 5.75 Å². The van der Waals surface area contributed by atoms with Crippen LogP contribution in [0.1, 0.15) is 25.3 Å². The maximum absolute atomic E-state index is 12.4. The standard InChI is InChI=1S/C24H27ClN4O2/c1-2-31-21-9-3-17(4-10-21)15-24(30)26-20-11-13-29(14-12-20)23-16-22(27-28-23)18-5-7-19(25)8-6-18/h3-10,16,20H,2,11-15H2,1H3,(H,26,30)(H,27,28). The smallest absolute Gasteiger partial charge is 0.224 e. The number of rotatable bonds is 7. The highest BCUT2D eigenvalue weighted by atomic mass is 35.5. The minimum Gasteiger partial charge on any atom is -0.494 e. The number of aromatic nitrogens is 2. The van der Waals surface area contributed by atoms with Crippen molar-refractivity contribution in [1.82, 2.24) is 15.5 Å². The Morgan fingerprint density at radius 1 is 1.16 bits per heavy atom. The number of hydrogen-bond donors (Lipinski definition) is 2. The summed E-state index contributed by atoms with van der Waals surface area (Å²) in [7, 11) is 0. The molecule has 1 aliphatic heterocycles. The van der Waals surface area contributed by atoms with Gasteiger partial charge in [0.05, 0.1) is 18.7 Å². The number of ether oxygens (including phenoxy) is 1. The molecule has 0 atom stereocenters. The van der Waals surface area contributed by atoms with Gasteiger partial charge in [-0.05, 0) is 55.2 Å². The molecule has 6 nitrogen and oxygen atoms in total. The minimum atomic E-state index is 0.0624. The van der Waals surface area contributed by atoms with Gasteiger partial charge in [0.15, 0.2) is 5.82 Å². The Morgan fingerprint density at radius 2 is 1.87 bits per heavy atom. The van der Waals surface area contributed by atoms with E-state index in [1.54, 1.807) is 0 Å². The predicted octanol–water partition coefficient (Wildman–Crippen LogP) is 4.46. The van der Waals surface area contributed by atoms with Crippen molar-refractivity contribution in [3.8, 4) is 17.0 Å². The van der Waals surface area contributed by atoms with Crippen LogP contribution in [0, 0.1) is 0 Å². The van der Waals surface area contributed by atoms with Crippen LogP contribution in [-0.4, -0.2) is 41.8 Å². The number of anilines is 1. The van der Waals surface area contributed by atoms with Gasteiger partial charge in [-0.3, -0.25) is 9.89 Å². The van der Waals surface area contributed by atoms with Crippen molar-refractivity contribution in [3.05, 3.63) is 65.2 Å². The number of piperidine rings is 1. The molecule has 0 aliphatic carbocycles. The number of aromatic amines is 1. The maximum Gasteiger partial charge on any atom is 0.224 e. The Hall–Kier alpha value is -2.99. The van der Waals surface area contributed by atoms with Crippen LogP contribution in [0.3, 0.4) is 0 Å². The molecule has 162 valence electrons. The first-order valence-corrected chi connectivity index (χ1v) is 11.1. The molecule has 1 fully saturated rings. The van der Waals surface area contributed by atoms with E-state index >= 15 is 0 Å². The molecule has 0 unspecified atom stereocenters. The quantitative estimate of drug-likeness (QED) is 0.571. The fourth-order valence-electron chi connectivity index (χ4n) is 3.84. The summed E-state index contributed by atoms with van der Waals surface area (Å²) in [6.45, 7) is 4.31. The number of nitrogens with one attached hydrogen (secondary N) is 2. The molecule has 7 heteroatoms. The van der Waals surface area contributed by atoms with Crippen molar-refractivity contribution in [1.29, 1.82) is 0 Å². The maximum atomic E-state index is 12.4. The van der Waals surface area contributed by atoms with Crippen LogP contribution in [0.15, 0.2) is 54.6 Å². The Labute approximate surface area is 187 Å². The number of carbonyl (C=O) groups excluding carboxylic acids is 1.